The van der Waals surface area contributed by atoms with E-state index in [1.807, 2.05) is 0 Å². The van der Waals surface area contributed by atoms with Gasteiger partial charge in [0.2, 0.25) is 6.29 Å². The molecule has 0 aromatic rings. The number of esters is 1. The summed E-state index contributed by atoms with van der Waals surface area (Å²) in [6.45, 7) is 0. The molecule has 0 aromatic carbocycles. The van der Waals surface area contributed by atoms with Crippen molar-refractivity contribution in [1.29, 1.82) is 0 Å². The molecular weight excluding hydrogens is 180 g/mol. The van der Waals surface area contributed by atoms with Crippen molar-refractivity contribution in [3.8, 4) is 0 Å². The average Bonchev–Trinajstić information content (AvgIpc) is 2.96. The molecule has 0 saturated heterocycles. The molecule has 0 unspecified atom stereocenters. The van der Waals surface area contributed by atoms with Crippen molar-refractivity contribution in [3.63, 3.8) is 0 Å². The van der Waals surface area contributed by atoms with Gasteiger partial charge in [0, 0.05) is 11.1 Å². The average molecular weight is 194 g/mol. The zero-order valence-corrected chi connectivity index (χ0v) is 8.03. The summed E-state index contributed by atoms with van der Waals surface area (Å²) >= 11 is 0. The minimum Gasteiger partial charge on any atom is -0.428 e. The molecular formula is C11H14O3. The molecule has 76 valence electrons. The summed E-state index contributed by atoms with van der Waals surface area (Å²) in [7, 11) is 0. The SMILES string of the molecule is O=C1O[C@H](O)C(C2CC2)=C1CC1CC1. The molecule has 1 aliphatic heterocycles. The van der Waals surface area contributed by atoms with Crippen molar-refractivity contribution in [2.75, 3.05) is 0 Å². The van der Waals surface area contributed by atoms with Crippen LogP contribution in [0.25, 0.3) is 0 Å². The maximum absolute atomic E-state index is 11.5. The Bertz CT molecular complexity index is 310. The molecule has 3 heteroatoms. The van der Waals surface area contributed by atoms with Crippen molar-refractivity contribution >= 4 is 5.97 Å². The highest BCUT2D eigenvalue weighted by Crippen LogP contribution is 2.46. The van der Waals surface area contributed by atoms with Crippen molar-refractivity contribution in [3.05, 3.63) is 11.1 Å². The molecule has 0 aromatic heterocycles. The van der Waals surface area contributed by atoms with Crippen LogP contribution in [0.15, 0.2) is 11.1 Å². The van der Waals surface area contributed by atoms with Gasteiger partial charge in [0.05, 0.1) is 0 Å². The van der Waals surface area contributed by atoms with E-state index in [2.05, 4.69) is 0 Å². The molecule has 0 radical (unpaired) electrons. The lowest BCUT2D eigenvalue weighted by Gasteiger charge is -2.05. The maximum atomic E-state index is 11.5. The van der Waals surface area contributed by atoms with Gasteiger partial charge in [0.1, 0.15) is 0 Å². The summed E-state index contributed by atoms with van der Waals surface area (Å²) in [6.07, 6.45) is 4.58. The van der Waals surface area contributed by atoms with Crippen LogP contribution in [-0.2, 0) is 9.53 Å². The Labute approximate surface area is 82.8 Å². The Balaban J connectivity index is 1.87. The van der Waals surface area contributed by atoms with Crippen LogP contribution >= 0.6 is 0 Å². The van der Waals surface area contributed by atoms with Crippen LogP contribution < -0.4 is 0 Å². The van der Waals surface area contributed by atoms with Gasteiger partial charge in [-0.25, -0.2) is 4.79 Å². The summed E-state index contributed by atoms with van der Waals surface area (Å²) in [4.78, 5) is 11.5. The lowest BCUT2D eigenvalue weighted by Crippen LogP contribution is -2.10. The number of hydrogen-bond acceptors (Lipinski definition) is 3. The van der Waals surface area contributed by atoms with Gasteiger partial charge >= 0.3 is 5.97 Å². The summed E-state index contributed by atoms with van der Waals surface area (Å²) in [6, 6.07) is 0. The summed E-state index contributed by atoms with van der Waals surface area (Å²) in [5.74, 6) is 0.841. The van der Waals surface area contributed by atoms with Gasteiger partial charge in [-0.05, 0) is 43.9 Å². The molecule has 2 aliphatic carbocycles. The summed E-state index contributed by atoms with van der Waals surface area (Å²) in [5.41, 5.74) is 1.70. The van der Waals surface area contributed by atoms with Crippen molar-refractivity contribution in [2.45, 2.75) is 38.4 Å². The highest BCUT2D eigenvalue weighted by Gasteiger charge is 2.42. The Morgan fingerprint density at radius 1 is 1.29 bits per heavy atom. The Hall–Kier alpha value is -0.830. The Morgan fingerprint density at radius 2 is 2.00 bits per heavy atom. The fraction of sp³-hybridized carbons (Fsp3) is 0.727. The van der Waals surface area contributed by atoms with E-state index in [-0.39, 0.29) is 5.97 Å². The van der Waals surface area contributed by atoms with E-state index >= 15 is 0 Å². The van der Waals surface area contributed by atoms with Crippen molar-refractivity contribution in [1.82, 2.24) is 0 Å². The molecule has 3 rings (SSSR count). The van der Waals surface area contributed by atoms with Crippen molar-refractivity contribution in [2.24, 2.45) is 11.8 Å². The molecule has 3 aliphatic rings. The van der Waals surface area contributed by atoms with E-state index in [9.17, 15) is 9.90 Å². The first-order valence-electron chi connectivity index (χ1n) is 5.37. The number of carbonyl (C=O) groups excluding carboxylic acids is 1. The van der Waals surface area contributed by atoms with Crippen LogP contribution in [0.5, 0.6) is 0 Å². The number of ether oxygens (including phenoxy) is 1. The quantitative estimate of drug-likeness (QED) is 0.690. The normalized spacial score (nSPS) is 32.4. The number of rotatable bonds is 3. The maximum Gasteiger partial charge on any atom is 0.336 e. The fourth-order valence-corrected chi connectivity index (χ4v) is 2.16. The van der Waals surface area contributed by atoms with Crippen LogP contribution in [0.3, 0.4) is 0 Å². The molecule has 1 N–H and O–H groups in total. The summed E-state index contributed by atoms with van der Waals surface area (Å²) in [5, 5.41) is 9.57. The molecule has 0 amide bonds. The molecule has 0 spiro atoms. The number of aliphatic hydroxyl groups is 1. The second kappa shape index (κ2) is 2.83. The third kappa shape index (κ3) is 1.36. The van der Waals surface area contributed by atoms with E-state index in [4.69, 9.17) is 4.74 Å². The van der Waals surface area contributed by atoms with Gasteiger partial charge in [0.15, 0.2) is 0 Å². The first-order chi connectivity index (χ1) is 6.75. The highest BCUT2D eigenvalue weighted by atomic mass is 16.6. The van der Waals surface area contributed by atoms with Gasteiger partial charge in [0.25, 0.3) is 0 Å². The van der Waals surface area contributed by atoms with E-state index in [1.54, 1.807) is 0 Å². The van der Waals surface area contributed by atoms with Gasteiger partial charge in [-0.3, -0.25) is 0 Å². The fourth-order valence-electron chi connectivity index (χ4n) is 2.16. The molecule has 1 atom stereocenters. The van der Waals surface area contributed by atoms with Gasteiger partial charge in [-0.15, -0.1) is 0 Å². The van der Waals surface area contributed by atoms with Gasteiger partial charge in [-0.2, -0.15) is 0 Å². The number of hydrogen-bond donors (Lipinski definition) is 1. The second-order valence-corrected chi connectivity index (χ2v) is 4.61. The van der Waals surface area contributed by atoms with Crippen LogP contribution in [-0.4, -0.2) is 17.4 Å². The van der Waals surface area contributed by atoms with E-state index in [1.165, 1.54) is 12.8 Å². The zero-order chi connectivity index (χ0) is 9.71. The highest BCUT2D eigenvalue weighted by molar-refractivity contribution is 5.92. The summed E-state index contributed by atoms with van der Waals surface area (Å²) < 4.78 is 4.86. The predicted molar refractivity (Wildman–Crippen MR) is 49.2 cm³/mol. The Kier molecular flexibility index (Phi) is 1.71. The van der Waals surface area contributed by atoms with Crippen LogP contribution in [0.4, 0.5) is 0 Å². The monoisotopic (exact) mass is 194 g/mol. The third-order valence-electron chi connectivity index (χ3n) is 3.29. The lowest BCUT2D eigenvalue weighted by atomic mass is 10.0. The van der Waals surface area contributed by atoms with Crippen molar-refractivity contribution < 1.29 is 14.6 Å². The minimum atomic E-state index is -0.927. The van der Waals surface area contributed by atoms with E-state index in [0.717, 1.165) is 30.4 Å². The van der Waals surface area contributed by atoms with E-state index < -0.39 is 6.29 Å². The second-order valence-electron chi connectivity index (χ2n) is 4.61. The minimum absolute atomic E-state index is 0.272. The lowest BCUT2D eigenvalue weighted by molar-refractivity contribution is -0.152. The van der Waals surface area contributed by atoms with Crippen LogP contribution in [0, 0.1) is 11.8 Å². The molecule has 3 nitrogen and oxygen atoms in total. The first-order valence-corrected chi connectivity index (χ1v) is 5.37. The number of aliphatic hydroxyl groups excluding tert-OH is 1. The number of carbonyl (C=O) groups is 1. The third-order valence-corrected chi connectivity index (χ3v) is 3.29. The predicted octanol–water partition coefficient (Wildman–Crippen LogP) is 1.37. The first kappa shape index (κ1) is 8.48. The molecule has 1 heterocycles. The molecule has 2 saturated carbocycles. The standard InChI is InChI=1S/C11H14O3/c12-10-8(5-6-1-2-6)9(7-3-4-7)11(13)14-10/h6-7,11,13H,1-5H2/t11-/m0/s1. The Morgan fingerprint density at radius 3 is 2.57 bits per heavy atom. The van der Waals surface area contributed by atoms with Gasteiger partial charge < -0.3 is 9.84 Å². The van der Waals surface area contributed by atoms with Crippen LogP contribution in [0.1, 0.15) is 32.1 Å². The molecule has 2 fully saturated rings. The molecule has 0 bridgehead atoms. The van der Waals surface area contributed by atoms with E-state index in [0.29, 0.717) is 11.8 Å². The largest absolute Gasteiger partial charge is 0.428 e. The topological polar surface area (TPSA) is 46.5 Å². The smallest absolute Gasteiger partial charge is 0.336 e. The molecule has 14 heavy (non-hydrogen) atoms. The van der Waals surface area contributed by atoms with Gasteiger partial charge in [-0.1, -0.05) is 0 Å². The number of cyclic esters (lactones) is 1. The van der Waals surface area contributed by atoms with Crippen LogP contribution in [0.2, 0.25) is 0 Å². The zero-order valence-electron chi connectivity index (χ0n) is 8.03.